The van der Waals surface area contributed by atoms with E-state index in [4.69, 9.17) is 16.7 Å². The lowest BCUT2D eigenvalue weighted by Gasteiger charge is -1.98. The van der Waals surface area contributed by atoms with E-state index in [0.29, 0.717) is 12.1 Å². The van der Waals surface area contributed by atoms with Gasteiger partial charge >= 0.3 is 5.97 Å². The molecule has 21 heavy (non-hydrogen) atoms. The molecule has 0 spiro atoms. The Morgan fingerprint density at radius 1 is 1.24 bits per heavy atom. The van der Waals surface area contributed by atoms with Crippen LogP contribution < -0.4 is 0 Å². The molecule has 0 aliphatic heterocycles. The Balaban J connectivity index is 2.10. The van der Waals surface area contributed by atoms with E-state index >= 15 is 0 Å². The summed E-state index contributed by atoms with van der Waals surface area (Å²) in [5.41, 5.74) is 3.15. The number of rotatable bonds is 3. The van der Waals surface area contributed by atoms with Crippen molar-refractivity contribution >= 4 is 17.6 Å². The molecule has 0 aliphatic rings. The van der Waals surface area contributed by atoms with Crippen LogP contribution in [0.25, 0.3) is 0 Å². The summed E-state index contributed by atoms with van der Waals surface area (Å²) in [5.74, 6) is 5.13. The van der Waals surface area contributed by atoms with Crippen LogP contribution in [-0.2, 0) is 11.2 Å². The van der Waals surface area contributed by atoms with Gasteiger partial charge in [0, 0.05) is 17.7 Å². The van der Waals surface area contributed by atoms with Gasteiger partial charge in [0.15, 0.2) is 0 Å². The average molecular weight is 301 g/mol. The van der Waals surface area contributed by atoms with E-state index in [-0.39, 0.29) is 11.7 Å². The summed E-state index contributed by atoms with van der Waals surface area (Å²) in [7, 11) is 0. The van der Waals surface area contributed by atoms with Crippen molar-refractivity contribution in [2.75, 3.05) is 0 Å². The Morgan fingerprint density at radius 2 is 1.95 bits per heavy atom. The Morgan fingerprint density at radius 3 is 2.57 bits per heavy atom. The fourth-order valence-corrected chi connectivity index (χ4v) is 1.96. The first-order valence-electron chi connectivity index (χ1n) is 6.37. The van der Waals surface area contributed by atoms with Crippen LogP contribution in [-0.4, -0.2) is 21.0 Å². The van der Waals surface area contributed by atoms with Crippen molar-refractivity contribution in [3.63, 3.8) is 0 Å². The molecule has 0 unspecified atom stereocenters. The van der Waals surface area contributed by atoms with Crippen LogP contribution in [0, 0.1) is 18.8 Å². The second-order valence-electron chi connectivity index (χ2n) is 4.50. The molecule has 0 aliphatic carbocycles. The normalized spacial score (nSPS) is 9.81. The molecule has 0 saturated heterocycles. The second kappa shape index (κ2) is 6.87. The minimum absolute atomic E-state index is 0.129. The number of hydrogen-bond acceptors (Lipinski definition) is 3. The van der Waals surface area contributed by atoms with E-state index in [1.165, 1.54) is 0 Å². The standard InChI is InChI=1S/C16H13ClN2O2/c1-11-10-14(19-16(17)18-11)8-6-12-2-4-13(5-3-12)7-9-15(20)21/h2-5,10H,7,9H2,1H3,(H,20,21). The molecule has 1 N–H and O–H groups in total. The average Bonchev–Trinajstić information content (AvgIpc) is 2.43. The van der Waals surface area contributed by atoms with Gasteiger partial charge in [0.1, 0.15) is 5.69 Å². The minimum atomic E-state index is -0.796. The number of halogens is 1. The number of carbonyl (C=O) groups is 1. The molecule has 0 saturated carbocycles. The van der Waals surface area contributed by atoms with Crippen molar-refractivity contribution in [1.82, 2.24) is 9.97 Å². The van der Waals surface area contributed by atoms with E-state index < -0.39 is 5.97 Å². The lowest BCUT2D eigenvalue weighted by molar-refractivity contribution is -0.136. The van der Waals surface area contributed by atoms with Gasteiger partial charge in [-0.05, 0) is 54.6 Å². The molecule has 0 bridgehead atoms. The maximum Gasteiger partial charge on any atom is 0.303 e. The van der Waals surface area contributed by atoms with Crippen LogP contribution in [0.4, 0.5) is 0 Å². The lowest BCUT2D eigenvalue weighted by Crippen LogP contribution is -1.97. The summed E-state index contributed by atoms with van der Waals surface area (Å²) >= 11 is 5.78. The molecule has 0 atom stereocenters. The highest BCUT2D eigenvalue weighted by molar-refractivity contribution is 6.28. The van der Waals surface area contributed by atoms with Crippen molar-refractivity contribution in [3.8, 4) is 11.8 Å². The Labute approximate surface area is 127 Å². The third kappa shape index (κ3) is 4.90. The van der Waals surface area contributed by atoms with Crippen molar-refractivity contribution < 1.29 is 9.90 Å². The number of nitrogens with zero attached hydrogens (tertiary/aromatic N) is 2. The second-order valence-corrected chi connectivity index (χ2v) is 4.84. The molecule has 0 radical (unpaired) electrons. The molecular formula is C16H13ClN2O2. The fraction of sp³-hybridized carbons (Fsp3) is 0.188. The quantitative estimate of drug-likeness (QED) is 0.699. The molecule has 0 amide bonds. The van der Waals surface area contributed by atoms with E-state index in [0.717, 1.165) is 16.8 Å². The Bertz CT molecular complexity index is 695. The van der Waals surface area contributed by atoms with Gasteiger partial charge in [0.05, 0.1) is 0 Å². The summed E-state index contributed by atoms with van der Waals surface area (Å²) < 4.78 is 0. The van der Waals surface area contributed by atoms with Crippen LogP contribution in [0.3, 0.4) is 0 Å². The molecule has 2 rings (SSSR count). The Hall–Kier alpha value is -2.38. The van der Waals surface area contributed by atoms with Gasteiger partial charge in [0.25, 0.3) is 0 Å². The molecule has 5 heteroatoms. The first-order valence-corrected chi connectivity index (χ1v) is 6.74. The SMILES string of the molecule is Cc1cc(C#Cc2ccc(CCC(=O)O)cc2)nc(Cl)n1. The number of benzene rings is 1. The van der Waals surface area contributed by atoms with Gasteiger partial charge in [0.2, 0.25) is 5.28 Å². The molecule has 2 aromatic rings. The predicted octanol–water partition coefficient (Wildman–Crippen LogP) is 2.86. The summed E-state index contributed by atoms with van der Waals surface area (Å²) in [6.07, 6.45) is 0.646. The van der Waals surface area contributed by atoms with Crippen LogP contribution >= 0.6 is 11.6 Å². The van der Waals surface area contributed by atoms with E-state index in [1.807, 2.05) is 31.2 Å². The molecule has 0 fully saturated rings. The monoisotopic (exact) mass is 300 g/mol. The van der Waals surface area contributed by atoms with Crippen molar-refractivity contribution in [1.29, 1.82) is 0 Å². The van der Waals surface area contributed by atoms with Crippen LogP contribution in [0.15, 0.2) is 30.3 Å². The minimum Gasteiger partial charge on any atom is -0.481 e. The van der Waals surface area contributed by atoms with Crippen molar-refractivity contribution in [2.24, 2.45) is 0 Å². The zero-order chi connectivity index (χ0) is 15.2. The zero-order valence-corrected chi connectivity index (χ0v) is 12.2. The van der Waals surface area contributed by atoms with Crippen molar-refractivity contribution in [2.45, 2.75) is 19.8 Å². The van der Waals surface area contributed by atoms with Gasteiger partial charge < -0.3 is 5.11 Å². The number of carboxylic acids is 1. The highest BCUT2D eigenvalue weighted by atomic mass is 35.5. The molecule has 4 nitrogen and oxygen atoms in total. The van der Waals surface area contributed by atoms with Gasteiger partial charge in [-0.3, -0.25) is 4.79 Å². The molecular weight excluding hydrogens is 288 g/mol. The fourth-order valence-electron chi connectivity index (χ4n) is 1.74. The van der Waals surface area contributed by atoms with E-state index in [9.17, 15) is 4.79 Å². The smallest absolute Gasteiger partial charge is 0.303 e. The van der Waals surface area contributed by atoms with E-state index in [1.54, 1.807) is 6.07 Å². The number of hydrogen-bond donors (Lipinski definition) is 1. The van der Waals surface area contributed by atoms with Gasteiger partial charge in [-0.2, -0.15) is 0 Å². The van der Waals surface area contributed by atoms with Gasteiger partial charge in [-0.25, -0.2) is 9.97 Å². The first-order chi connectivity index (χ1) is 10.0. The number of carboxylic acid groups (broad SMARTS) is 1. The predicted molar refractivity (Wildman–Crippen MR) is 80.2 cm³/mol. The molecule has 106 valence electrons. The molecule has 1 aromatic heterocycles. The van der Waals surface area contributed by atoms with Crippen LogP contribution in [0.5, 0.6) is 0 Å². The summed E-state index contributed by atoms with van der Waals surface area (Å²) in [4.78, 5) is 18.5. The summed E-state index contributed by atoms with van der Waals surface area (Å²) in [6.45, 7) is 1.83. The van der Waals surface area contributed by atoms with Crippen LogP contribution in [0.2, 0.25) is 5.28 Å². The topological polar surface area (TPSA) is 63.1 Å². The highest BCUT2D eigenvalue weighted by Gasteiger charge is 1.99. The first kappa shape index (κ1) is 15.0. The van der Waals surface area contributed by atoms with E-state index in [2.05, 4.69) is 21.8 Å². The number of aromatic nitrogens is 2. The molecule has 1 heterocycles. The van der Waals surface area contributed by atoms with Gasteiger partial charge in [-0.1, -0.05) is 18.1 Å². The number of aryl methyl sites for hydroxylation is 2. The van der Waals surface area contributed by atoms with Crippen LogP contribution in [0.1, 0.15) is 28.9 Å². The zero-order valence-electron chi connectivity index (χ0n) is 11.4. The maximum absolute atomic E-state index is 10.5. The number of aliphatic carboxylic acids is 1. The third-order valence-corrected chi connectivity index (χ3v) is 2.91. The summed E-state index contributed by atoms with van der Waals surface area (Å²) in [6, 6.07) is 9.25. The Kier molecular flexibility index (Phi) is 4.91. The third-order valence-electron chi connectivity index (χ3n) is 2.74. The largest absolute Gasteiger partial charge is 0.481 e. The lowest BCUT2D eigenvalue weighted by atomic mass is 10.1. The van der Waals surface area contributed by atoms with Gasteiger partial charge in [-0.15, -0.1) is 0 Å². The maximum atomic E-state index is 10.5. The highest BCUT2D eigenvalue weighted by Crippen LogP contribution is 2.07. The molecule has 1 aromatic carbocycles. The van der Waals surface area contributed by atoms with Crippen molar-refractivity contribution in [3.05, 3.63) is 58.1 Å². The summed E-state index contributed by atoms with van der Waals surface area (Å²) in [5, 5.41) is 8.82.